The number of nitroso groups, excluding NO2 is 1. The standard InChI is InChI=1S/C5H10N2O2S/c1-4(5(6)8)10-3-2-7-9/h4H,2-3H2,1H3,(H2,6,8). The molecule has 0 fully saturated rings. The molecule has 0 aliphatic carbocycles. The Hall–Kier alpha value is -0.580. The van der Waals surface area contributed by atoms with E-state index in [1.54, 1.807) is 6.92 Å². The van der Waals surface area contributed by atoms with Gasteiger partial charge in [-0.25, -0.2) is 0 Å². The molecule has 0 bridgehead atoms. The Morgan fingerprint density at radius 2 is 2.40 bits per heavy atom. The molecule has 58 valence electrons. The van der Waals surface area contributed by atoms with Crippen LogP contribution in [-0.4, -0.2) is 23.5 Å². The third kappa shape index (κ3) is 4.31. The van der Waals surface area contributed by atoms with E-state index < -0.39 is 0 Å². The van der Waals surface area contributed by atoms with Crippen LogP contribution in [0.5, 0.6) is 0 Å². The highest BCUT2D eigenvalue weighted by Crippen LogP contribution is 2.08. The number of thioether (sulfide) groups is 1. The van der Waals surface area contributed by atoms with Crippen molar-refractivity contribution in [1.82, 2.24) is 0 Å². The zero-order chi connectivity index (χ0) is 7.98. The quantitative estimate of drug-likeness (QED) is 0.468. The summed E-state index contributed by atoms with van der Waals surface area (Å²) in [5.41, 5.74) is 4.95. The van der Waals surface area contributed by atoms with E-state index in [0.29, 0.717) is 5.75 Å². The van der Waals surface area contributed by atoms with Gasteiger partial charge in [-0.15, -0.1) is 11.8 Å². The van der Waals surface area contributed by atoms with Crippen molar-refractivity contribution in [1.29, 1.82) is 0 Å². The van der Waals surface area contributed by atoms with E-state index in [1.807, 2.05) is 0 Å². The van der Waals surface area contributed by atoms with E-state index in [2.05, 4.69) is 5.18 Å². The van der Waals surface area contributed by atoms with Gasteiger partial charge in [0.05, 0.1) is 11.8 Å². The first-order chi connectivity index (χ1) is 4.68. The van der Waals surface area contributed by atoms with Gasteiger partial charge in [0.1, 0.15) is 0 Å². The molecule has 0 aliphatic heterocycles. The van der Waals surface area contributed by atoms with Gasteiger partial charge in [0.25, 0.3) is 0 Å². The molecule has 0 spiro atoms. The topological polar surface area (TPSA) is 72.5 Å². The largest absolute Gasteiger partial charge is 0.369 e. The molecule has 0 aromatic rings. The Kier molecular flexibility index (Phi) is 4.92. The monoisotopic (exact) mass is 162 g/mol. The van der Waals surface area contributed by atoms with Gasteiger partial charge in [-0.05, 0) is 6.92 Å². The number of rotatable bonds is 5. The molecular weight excluding hydrogens is 152 g/mol. The van der Waals surface area contributed by atoms with Crippen LogP contribution < -0.4 is 5.73 Å². The van der Waals surface area contributed by atoms with Gasteiger partial charge in [0.2, 0.25) is 5.91 Å². The van der Waals surface area contributed by atoms with Crippen molar-refractivity contribution < 1.29 is 4.79 Å². The minimum Gasteiger partial charge on any atom is -0.369 e. The highest BCUT2D eigenvalue weighted by Gasteiger charge is 2.07. The molecule has 10 heavy (non-hydrogen) atoms. The summed E-state index contributed by atoms with van der Waals surface area (Å²) in [5, 5.41) is 2.42. The fraction of sp³-hybridized carbons (Fsp3) is 0.800. The maximum Gasteiger partial charge on any atom is 0.230 e. The van der Waals surface area contributed by atoms with Crippen LogP contribution in [0.25, 0.3) is 0 Å². The molecule has 0 saturated carbocycles. The van der Waals surface area contributed by atoms with Crippen LogP contribution in [0.3, 0.4) is 0 Å². The Bertz CT molecular complexity index is 129. The summed E-state index contributed by atoms with van der Waals surface area (Å²) in [6.45, 7) is 1.94. The third-order valence-corrected chi connectivity index (χ3v) is 2.10. The van der Waals surface area contributed by atoms with Crippen LogP contribution in [0.15, 0.2) is 5.18 Å². The van der Waals surface area contributed by atoms with Gasteiger partial charge in [0, 0.05) is 5.75 Å². The van der Waals surface area contributed by atoms with E-state index in [-0.39, 0.29) is 17.7 Å². The van der Waals surface area contributed by atoms with Gasteiger partial charge >= 0.3 is 0 Å². The van der Waals surface area contributed by atoms with Crippen molar-refractivity contribution >= 4 is 17.7 Å². The lowest BCUT2D eigenvalue weighted by molar-refractivity contribution is -0.117. The lowest BCUT2D eigenvalue weighted by Crippen LogP contribution is -2.23. The lowest BCUT2D eigenvalue weighted by atomic mass is 10.5. The minimum atomic E-state index is -0.351. The first-order valence-electron chi connectivity index (χ1n) is 2.88. The molecule has 1 atom stereocenters. The Morgan fingerprint density at radius 3 is 2.80 bits per heavy atom. The van der Waals surface area contributed by atoms with Crippen LogP contribution in [0.2, 0.25) is 0 Å². The smallest absolute Gasteiger partial charge is 0.230 e. The van der Waals surface area contributed by atoms with Crippen LogP contribution in [0.4, 0.5) is 0 Å². The van der Waals surface area contributed by atoms with Gasteiger partial charge in [-0.2, -0.15) is 4.91 Å². The lowest BCUT2D eigenvalue weighted by Gasteiger charge is -2.02. The average Bonchev–Trinajstić information content (AvgIpc) is 1.88. The normalized spacial score (nSPS) is 12.5. The second-order valence-corrected chi connectivity index (χ2v) is 3.22. The van der Waals surface area contributed by atoms with Crippen LogP contribution in [-0.2, 0) is 4.79 Å². The number of primary amides is 1. The molecule has 5 heteroatoms. The van der Waals surface area contributed by atoms with Crippen molar-refractivity contribution in [2.24, 2.45) is 10.9 Å². The van der Waals surface area contributed by atoms with E-state index >= 15 is 0 Å². The number of carbonyl (C=O) groups is 1. The van der Waals surface area contributed by atoms with Crippen LogP contribution in [0, 0.1) is 4.91 Å². The molecule has 2 N–H and O–H groups in total. The predicted octanol–water partition coefficient (Wildman–Crippen LogP) is 0.360. The molecule has 0 aromatic carbocycles. The highest BCUT2D eigenvalue weighted by molar-refractivity contribution is 8.00. The summed E-state index contributed by atoms with van der Waals surface area (Å²) in [7, 11) is 0. The van der Waals surface area contributed by atoms with E-state index in [4.69, 9.17) is 5.73 Å². The molecule has 0 aromatic heterocycles. The molecular formula is C5H10N2O2S. The third-order valence-electron chi connectivity index (χ3n) is 0.951. The van der Waals surface area contributed by atoms with Crippen molar-refractivity contribution in [2.45, 2.75) is 12.2 Å². The minimum absolute atomic E-state index is 0.221. The summed E-state index contributed by atoms with van der Waals surface area (Å²) in [4.78, 5) is 20.0. The van der Waals surface area contributed by atoms with Crippen molar-refractivity contribution in [3.05, 3.63) is 4.91 Å². The number of hydrogen-bond donors (Lipinski definition) is 1. The summed E-state index contributed by atoms with van der Waals surface area (Å²) in [6.07, 6.45) is 0. The van der Waals surface area contributed by atoms with E-state index in [1.165, 1.54) is 11.8 Å². The number of nitrogens with zero attached hydrogens (tertiary/aromatic N) is 1. The van der Waals surface area contributed by atoms with Crippen LogP contribution >= 0.6 is 11.8 Å². The number of hydrogen-bond acceptors (Lipinski definition) is 4. The average molecular weight is 162 g/mol. The first kappa shape index (κ1) is 9.42. The summed E-state index contributed by atoms with van der Waals surface area (Å²) in [6, 6.07) is 0. The SMILES string of the molecule is CC(SCCN=O)C(N)=O. The van der Waals surface area contributed by atoms with Crippen molar-refractivity contribution in [3.63, 3.8) is 0 Å². The van der Waals surface area contributed by atoms with Crippen molar-refractivity contribution in [2.75, 3.05) is 12.3 Å². The maximum atomic E-state index is 10.4. The van der Waals surface area contributed by atoms with Crippen LogP contribution in [0.1, 0.15) is 6.92 Å². The molecule has 1 unspecified atom stereocenters. The number of amides is 1. The zero-order valence-electron chi connectivity index (χ0n) is 5.74. The summed E-state index contributed by atoms with van der Waals surface area (Å²) in [5.74, 6) is 0.212. The first-order valence-corrected chi connectivity index (χ1v) is 3.93. The van der Waals surface area contributed by atoms with Gasteiger partial charge < -0.3 is 5.73 Å². The Morgan fingerprint density at radius 1 is 1.80 bits per heavy atom. The fourth-order valence-corrected chi connectivity index (χ4v) is 1.05. The molecule has 4 nitrogen and oxygen atoms in total. The molecule has 0 aliphatic rings. The second kappa shape index (κ2) is 5.22. The molecule has 1 amide bonds. The predicted molar refractivity (Wildman–Crippen MR) is 41.8 cm³/mol. The van der Waals surface area contributed by atoms with Gasteiger partial charge in [-0.1, -0.05) is 5.18 Å². The van der Waals surface area contributed by atoms with Crippen molar-refractivity contribution in [3.8, 4) is 0 Å². The summed E-state index contributed by atoms with van der Waals surface area (Å²) < 4.78 is 0. The molecule has 0 rings (SSSR count). The zero-order valence-corrected chi connectivity index (χ0v) is 6.56. The van der Waals surface area contributed by atoms with E-state index in [0.717, 1.165) is 0 Å². The molecule has 0 radical (unpaired) electrons. The Balaban J connectivity index is 3.30. The number of nitrogens with two attached hydrogens (primary N) is 1. The second-order valence-electron chi connectivity index (χ2n) is 1.77. The molecule has 0 saturated heterocycles. The number of carbonyl (C=O) groups excluding carboxylic acids is 1. The van der Waals surface area contributed by atoms with Gasteiger partial charge in [0.15, 0.2) is 0 Å². The molecule has 0 heterocycles. The highest BCUT2D eigenvalue weighted by atomic mass is 32.2. The maximum absolute atomic E-state index is 10.4. The van der Waals surface area contributed by atoms with E-state index in [9.17, 15) is 9.70 Å². The summed E-state index contributed by atoms with van der Waals surface area (Å²) >= 11 is 1.34. The van der Waals surface area contributed by atoms with Gasteiger partial charge in [-0.3, -0.25) is 4.79 Å². The Labute approximate surface area is 63.5 Å². The fourth-order valence-electron chi connectivity index (χ4n) is 0.349.